The highest BCUT2D eigenvalue weighted by Gasteiger charge is 2.37. The molecule has 0 aromatic heterocycles. The number of imide groups is 1. The van der Waals surface area contributed by atoms with E-state index in [2.05, 4.69) is 0 Å². The molecule has 1 aliphatic heterocycles. The predicted molar refractivity (Wildman–Crippen MR) is 109 cm³/mol. The zero-order chi connectivity index (χ0) is 22.0. The molecular weight excluding hydrogens is 388 g/mol. The molecule has 2 aromatic rings. The Labute approximate surface area is 174 Å². The van der Waals surface area contributed by atoms with Crippen LogP contribution in [-0.2, 0) is 9.53 Å². The third-order valence-electron chi connectivity index (χ3n) is 4.60. The summed E-state index contributed by atoms with van der Waals surface area (Å²) in [5.74, 6) is -1.50. The molecule has 1 atom stereocenters. The topological polar surface area (TPSA) is 93.2 Å². The zero-order valence-electron chi connectivity index (χ0n) is 17.2. The van der Waals surface area contributed by atoms with Gasteiger partial charge in [0.1, 0.15) is 5.75 Å². The Balaban J connectivity index is 1.83. The quantitative estimate of drug-likeness (QED) is 0.537. The maximum atomic E-state index is 12.9. The van der Waals surface area contributed by atoms with Crippen molar-refractivity contribution >= 4 is 29.4 Å². The first-order valence-electron chi connectivity index (χ1n) is 9.42. The van der Waals surface area contributed by atoms with E-state index in [4.69, 9.17) is 9.47 Å². The maximum absolute atomic E-state index is 12.9. The van der Waals surface area contributed by atoms with Crippen molar-refractivity contribution in [3.63, 3.8) is 0 Å². The second-order valence-electron chi connectivity index (χ2n) is 6.91. The lowest BCUT2D eigenvalue weighted by molar-refractivity contribution is -0.137. The molecule has 1 aliphatic rings. The summed E-state index contributed by atoms with van der Waals surface area (Å²) in [5.41, 5.74) is 0.790. The number of hydrogen-bond donors (Lipinski definition) is 0. The van der Waals surface area contributed by atoms with E-state index >= 15 is 0 Å². The Morgan fingerprint density at radius 1 is 1.00 bits per heavy atom. The number of ether oxygens (including phenoxy) is 2. The summed E-state index contributed by atoms with van der Waals surface area (Å²) in [5, 5.41) is 0. The highest BCUT2D eigenvalue weighted by molar-refractivity contribution is 6.34. The van der Waals surface area contributed by atoms with Crippen molar-refractivity contribution in [1.29, 1.82) is 0 Å². The molecule has 0 spiro atoms. The first-order valence-corrected chi connectivity index (χ1v) is 9.42. The third kappa shape index (κ3) is 3.89. The molecule has 8 nitrogen and oxygen atoms in total. The van der Waals surface area contributed by atoms with Gasteiger partial charge in [-0.25, -0.2) is 9.69 Å². The van der Waals surface area contributed by atoms with Crippen LogP contribution in [0.1, 0.15) is 44.9 Å². The van der Waals surface area contributed by atoms with Crippen molar-refractivity contribution in [2.75, 3.05) is 25.6 Å². The minimum Gasteiger partial charge on any atom is -0.494 e. The molecule has 0 fully saturated rings. The highest BCUT2D eigenvalue weighted by Crippen LogP contribution is 2.30. The first kappa shape index (κ1) is 21.0. The molecule has 0 aliphatic carbocycles. The number of hydrogen-bond acceptors (Lipinski definition) is 6. The van der Waals surface area contributed by atoms with Gasteiger partial charge in [-0.05, 0) is 56.3 Å². The van der Waals surface area contributed by atoms with Crippen LogP contribution in [0.5, 0.6) is 5.75 Å². The van der Waals surface area contributed by atoms with Crippen LogP contribution in [0.25, 0.3) is 0 Å². The average Bonchev–Trinajstić information content (AvgIpc) is 2.98. The molecule has 30 heavy (non-hydrogen) atoms. The van der Waals surface area contributed by atoms with Crippen LogP contribution in [0.4, 0.5) is 5.69 Å². The van der Waals surface area contributed by atoms with E-state index in [1.165, 1.54) is 30.0 Å². The van der Waals surface area contributed by atoms with Gasteiger partial charge in [-0.1, -0.05) is 0 Å². The van der Waals surface area contributed by atoms with Crippen molar-refractivity contribution in [3.05, 3.63) is 59.2 Å². The fourth-order valence-corrected chi connectivity index (χ4v) is 3.10. The number of benzene rings is 2. The van der Waals surface area contributed by atoms with Crippen molar-refractivity contribution in [3.8, 4) is 5.75 Å². The molecule has 0 saturated heterocycles. The van der Waals surface area contributed by atoms with Crippen LogP contribution in [0.3, 0.4) is 0 Å². The lowest BCUT2D eigenvalue weighted by Crippen LogP contribution is -2.34. The lowest BCUT2D eigenvalue weighted by atomic mass is 10.1. The average molecular weight is 410 g/mol. The fourth-order valence-electron chi connectivity index (χ4n) is 3.10. The molecule has 156 valence electrons. The minimum absolute atomic E-state index is 0.0850. The van der Waals surface area contributed by atoms with E-state index in [1.807, 2.05) is 6.92 Å². The van der Waals surface area contributed by atoms with Crippen LogP contribution >= 0.6 is 0 Å². The molecule has 1 heterocycles. The van der Waals surface area contributed by atoms with Crippen LogP contribution in [0.15, 0.2) is 42.5 Å². The largest absolute Gasteiger partial charge is 0.494 e. The van der Waals surface area contributed by atoms with Gasteiger partial charge in [0.25, 0.3) is 17.7 Å². The second-order valence-corrected chi connectivity index (χ2v) is 6.91. The van der Waals surface area contributed by atoms with Crippen molar-refractivity contribution in [1.82, 2.24) is 4.90 Å². The molecular formula is C22H22N2O6. The standard InChI is InChI=1S/C22H22N2O6/c1-5-29-16-9-7-15(8-10-16)24-20(26)17-11-6-14(12-18(17)21(24)27)22(28)30-13(2)19(25)23(3)4/h6-13H,5H2,1-4H3/t13-/m1/s1. The monoisotopic (exact) mass is 410 g/mol. The molecule has 0 radical (unpaired) electrons. The van der Waals surface area contributed by atoms with Crippen molar-refractivity contribution < 1.29 is 28.7 Å². The smallest absolute Gasteiger partial charge is 0.338 e. The van der Waals surface area contributed by atoms with Crippen LogP contribution in [-0.4, -0.2) is 55.4 Å². The molecule has 0 bridgehead atoms. The molecule has 3 rings (SSSR count). The number of likely N-dealkylation sites (N-methyl/N-ethyl adjacent to an activating group) is 1. The lowest BCUT2D eigenvalue weighted by Gasteiger charge is -2.17. The minimum atomic E-state index is -0.974. The van der Waals surface area contributed by atoms with Gasteiger partial charge in [0.2, 0.25) is 0 Å². The molecule has 0 unspecified atom stereocenters. The van der Waals surface area contributed by atoms with Gasteiger partial charge in [0.05, 0.1) is 29.0 Å². The van der Waals surface area contributed by atoms with Crippen molar-refractivity contribution in [2.24, 2.45) is 0 Å². The SMILES string of the molecule is CCOc1ccc(N2C(=O)c3ccc(C(=O)O[C@H](C)C(=O)N(C)C)cc3C2=O)cc1. The zero-order valence-corrected chi connectivity index (χ0v) is 17.2. The first-order chi connectivity index (χ1) is 14.2. The summed E-state index contributed by atoms with van der Waals surface area (Å²) in [6.07, 6.45) is -0.974. The Kier molecular flexibility index (Phi) is 5.86. The highest BCUT2D eigenvalue weighted by atomic mass is 16.5. The van der Waals surface area contributed by atoms with Crippen molar-refractivity contribution in [2.45, 2.75) is 20.0 Å². The van der Waals surface area contributed by atoms with E-state index in [0.717, 1.165) is 4.90 Å². The van der Waals surface area contributed by atoms with Gasteiger partial charge in [0, 0.05) is 14.1 Å². The Morgan fingerprint density at radius 3 is 2.23 bits per heavy atom. The normalized spacial score (nSPS) is 13.7. The van der Waals surface area contributed by atoms with Gasteiger partial charge in [0.15, 0.2) is 6.10 Å². The second kappa shape index (κ2) is 8.36. The Hall–Kier alpha value is -3.68. The van der Waals surface area contributed by atoms with Crippen LogP contribution < -0.4 is 9.64 Å². The molecule has 0 saturated carbocycles. The number of fused-ring (bicyclic) bond motifs is 1. The van der Waals surface area contributed by atoms with Crippen LogP contribution in [0.2, 0.25) is 0 Å². The predicted octanol–water partition coefficient (Wildman–Crippen LogP) is 2.52. The molecule has 2 aromatic carbocycles. The summed E-state index contributed by atoms with van der Waals surface area (Å²) < 4.78 is 10.6. The Morgan fingerprint density at radius 2 is 1.63 bits per heavy atom. The van der Waals surface area contributed by atoms with Gasteiger partial charge < -0.3 is 14.4 Å². The summed E-state index contributed by atoms with van der Waals surface area (Å²) in [6.45, 7) is 3.83. The van der Waals surface area contributed by atoms with Gasteiger partial charge in [-0.15, -0.1) is 0 Å². The number of carbonyl (C=O) groups is 4. The van der Waals surface area contributed by atoms with Gasteiger partial charge >= 0.3 is 5.97 Å². The van der Waals surface area contributed by atoms with E-state index in [0.29, 0.717) is 18.0 Å². The van der Waals surface area contributed by atoms with E-state index in [1.54, 1.807) is 38.4 Å². The van der Waals surface area contributed by atoms with Gasteiger partial charge in [-0.2, -0.15) is 0 Å². The number of anilines is 1. The summed E-state index contributed by atoms with van der Waals surface area (Å²) in [6, 6.07) is 10.7. The molecule has 3 amide bonds. The van der Waals surface area contributed by atoms with E-state index in [9.17, 15) is 19.2 Å². The van der Waals surface area contributed by atoms with E-state index in [-0.39, 0.29) is 22.6 Å². The van der Waals surface area contributed by atoms with Crippen LogP contribution in [0, 0.1) is 0 Å². The number of rotatable bonds is 6. The third-order valence-corrected chi connectivity index (χ3v) is 4.60. The Bertz CT molecular complexity index is 1010. The fraction of sp³-hybridized carbons (Fsp3) is 0.273. The van der Waals surface area contributed by atoms with E-state index < -0.39 is 23.9 Å². The number of carbonyl (C=O) groups excluding carboxylic acids is 4. The summed E-state index contributed by atoms with van der Waals surface area (Å²) in [4.78, 5) is 52.3. The summed E-state index contributed by atoms with van der Waals surface area (Å²) in [7, 11) is 3.11. The molecule has 8 heteroatoms. The summed E-state index contributed by atoms with van der Waals surface area (Å²) >= 11 is 0. The number of amides is 3. The molecule has 0 N–H and O–H groups in total. The number of esters is 1. The maximum Gasteiger partial charge on any atom is 0.338 e. The number of nitrogens with zero attached hydrogens (tertiary/aromatic N) is 2. The van der Waals surface area contributed by atoms with Gasteiger partial charge in [-0.3, -0.25) is 14.4 Å².